The molecule has 2 rings (SSSR count). The van der Waals surface area contributed by atoms with E-state index in [1.165, 1.54) is 0 Å². The predicted molar refractivity (Wildman–Crippen MR) is 63.7 cm³/mol. The van der Waals surface area contributed by atoms with Crippen molar-refractivity contribution in [1.29, 1.82) is 0 Å². The lowest BCUT2D eigenvalue weighted by atomic mass is 10.0. The van der Waals surface area contributed by atoms with Gasteiger partial charge in [-0.2, -0.15) is 0 Å². The van der Waals surface area contributed by atoms with Crippen LogP contribution in [0.5, 0.6) is 0 Å². The lowest BCUT2D eigenvalue weighted by Crippen LogP contribution is -2.31. The Morgan fingerprint density at radius 1 is 1.35 bits per heavy atom. The second-order valence-corrected chi connectivity index (χ2v) is 6.07. The smallest absolute Gasteiger partial charge is 0.411 e. The molecule has 4 nitrogen and oxygen atoms in total. The van der Waals surface area contributed by atoms with E-state index in [1.54, 1.807) is 4.90 Å². The summed E-state index contributed by atoms with van der Waals surface area (Å²) >= 11 is 0. The van der Waals surface area contributed by atoms with Crippen molar-refractivity contribution >= 4 is 12.4 Å². The summed E-state index contributed by atoms with van der Waals surface area (Å²) in [7, 11) is 0. The van der Waals surface area contributed by atoms with Crippen molar-refractivity contribution < 1.29 is 14.3 Å². The van der Waals surface area contributed by atoms with E-state index >= 15 is 0 Å². The van der Waals surface area contributed by atoms with E-state index in [0.29, 0.717) is 0 Å². The number of carbonyl (C=O) groups is 2. The summed E-state index contributed by atoms with van der Waals surface area (Å²) in [5, 5.41) is 0. The Labute approximate surface area is 102 Å². The van der Waals surface area contributed by atoms with Crippen molar-refractivity contribution in [2.45, 2.75) is 70.1 Å². The van der Waals surface area contributed by atoms with E-state index in [-0.39, 0.29) is 12.1 Å². The number of aldehydes is 1. The maximum Gasteiger partial charge on any atom is 0.411 e. The fourth-order valence-electron chi connectivity index (χ4n) is 2.80. The molecule has 4 heteroatoms. The normalized spacial score (nSPS) is 32.4. The van der Waals surface area contributed by atoms with Gasteiger partial charge in [-0.05, 0) is 33.6 Å². The number of amides is 1. The van der Waals surface area contributed by atoms with Gasteiger partial charge in [-0.15, -0.1) is 0 Å². The molecule has 96 valence electrons. The molecule has 0 N–H and O–H groups in total. The first kappa shape index (κ1) is 12.4. The zero-order valence-electron chi connectivity index (χ0n) is 10.9. The molecule has 2 atom stereocenters. The molecule has 1 aliphatic carbocycles. The van der Waals surface area contributed by atoms with Gasteiger partial charge >= 0.3 is 6.09 Å². The summed E-state index contributed by atoms with van der Waals surface area (Å²) in [4.78, 5) is 25.0. The van der Waals surface area contributed by atoms with Crippen LogP contribution in [-0.4, -0.2) is 34.5 Å². The van der Waals surface area contributed by atoms with Crippen LogP contribution in [0.3, 0.4) is 0 Å². The van der Waals surface area contributed by atoms with E-state index in [0.717, 1.165) is 38.4 Å². The van der Waals surface area contributed by atoms with Crippen molar-refractivity contribution in [3.8, 4) is 0 Å². The maximum atomic E-state index is 12.0. The molecular formula is C13H21NO3. The average Bonchev–Trinajstić information content (AvgIpc) is 2.84. The van der Waals surface area contributed by atoms with Gasteiger partial charge in [0.2, 0.25) is 0 Å². The molecule has 1 saturated heterocycles. The van der Waals surface area contributed by atoms with E-state index in [2.05, 4.69) is 0 Å². The minimum Gasteiger partial charge on any atom is -0.444 e. The van der Waals surface area contributed by atoms with E-state index in [1.807, 2.05) is 20.8 Å². The molecule has 0 aromatic carbocycles. The molecule has 0 aromatic rings. The van der Waals surface area contributed by atoms with Gasteiger partial charge in [0.25, 0.3) is 0 Å². The summed E-state index contributed by atoms with van der Waals surface area (Å²) in [5.74, 6) is 0. The molecule has 2 aliphatic rings. The second-order valence-electron chi connectivity index (χ2n) is 6.07. The summed E-state index contributed by atoms with van der Waals surface area (Å²) in [6.07, 6.45) is 5.62. The van der Waals surface area contributed by atoms with Crippen LogP contribution in [0.15, 0.2) is 0 Å². The number of carbonyl (C=O) groups excluding carboxylic acids is 2. The molecular weight excluding hydrogens is 218 g/mol. The van der Waals surface area contributed by atoms with Crippen LogP contribution < -0.4 is 0 Å². The molecule has 0 radical (unpaired) electrons. The Morgan fingerprint density at radius 2 is 2.06 bits per heavy atom. The highest BCUT2D eigenvalue weighted by atomic mass is 16.6. The average molecular weight is 239 g/mol. The summed E-state index contributed by atoms with van der Waals surface area (Å²) < 4.78 is 5.35. The Kier molecular flexibility index (Phi) is 2.92. The number of hydrogen-bond donors (Lipinski definition) is 0. The number of hydrogen-bond acceptors (Lipinski definition) is 3. The molecule has 1 saturated carbocycles. The van der Waals surface area contributed by atoms with Crippen LogP contribution in [0.1, 0.15) is 52.9 Å². The van der Waals surface area contributed by atoms with Crippen molar-refractivity contribution in [2.24, 2.45) is 0 Å². The fraction of sp³-hybridized carbons (Fsp3) is 0.846. The van der Waals surface area contributed by atoms with Crippen molar-refractivity contribution in [1.82, 2.24) is 4.90 Å². The van der Waals surface area contributed by atoms with Crippen molar-refractivity contribution in [2.75, 3.05) is 0 Å². The zero-order valence-corrected chi connectivity index (χ0v) is 10.9. The highest BCUT2D eigenvalue weighted by Crippen LogP contribution is 2.49. The molecule has 0 aromatic heterocycles. The van der Waals surface area contributed by atoms with Gasteiger partial charge in [-0.25, -0.2) is 4.79 Å². The Hall–Kier alpha value is -1.06. The van der Waals surface area contributed by atoms with Crippen LogP contribution in [0.2, 0.25) is 0 Å². The fourth-order valence-corrected chi connectivity index (χ4v) is 2.80. The minimum absolute atomic E-state index is 0.0809. The van der Waals surface area contributed by atoms with Gasteiger partial charge in [0.15, 0.2) is 0 Å². The molecule has 0 bridgehead atoms. The molecule has 1 aliphatic heterocycles. The summed E-state index contributed by atoms with van der Waals surface area (Å²) in [6, 6.07) is 0.0809. The molecule has 2 fully saturated rings. The van der Waals surface area contributed by atoms with Crippen LogP contribution in [0.4, 0.5) is 4.79 Å². The molecule has 1 heterocycles. The van der Waals surface area contributed by atoms with E-state index in [9.17, 15) is 9.59 Å². The van der Waals surface area contributed by atoms with Gasteiger partial charge in [0, 0.05) is 0 Å². The largest absolute Gasteiger partial charge is 0.444 e. The van der Waals surface area contributed by atoms with Crippen molar-refractivity contribution in [3.05, 3.63) is 0 Å². The molecule has 0 spiro atoms. The van der Waals surface area contributed by atoms with Gasteiger partial charge < -0.3 is 9.53 Å². The minimum atomic E-state index is -0.543. The number of nitrogens with zero attached hydrogens (tertiary/aromatic N) is 1. The third-order valence-electron chi connectivity index (χ3n) is 3.62. The number of fused-ring (bicyclic) bond motifs is 1. The summed E-state index contributed by atoms with van der Waals surface area (Å²) in [6.45, 7) is 5.54. The monoisotopic (exact) mass is 239 g/mol. The van der Waals surface area contributed by atoms with Gasteiger partial charge in [-0.1, -0.05) is 19.3 Å². The quantitative estimate of drug-likeness (QED) is 0.521. The highest BCUT2D eigenvalue weighted by Gasteiger charge is 2.66. The van der Waals surface area contributed by atoms with Crippen LogP contribution in [-0.2, 0) is 9.53 Å². The zero-order chi connectivity index (χ0) is 12.7. The van der Waals surface area contributed by atoms with Gasteiger partial charge in [0.05, 0.1) is 6.04 Å². The van der Waals surface area contributed by atoms with Crippen LogP contribution >= 0.6 is 0 Å². The number of likely N-dealkylation sites (tertiary alicyclic amines) is 1. The Morgan fingerprint density at radius 3 is 2.65 bits per heavy atom. The van der Waals surface area contributed by atoms with Gasteiger partial charge in [0.1, 0.15) is 17.4 Å². The lowest BCUT2D eigenvalue weighted by Gasteiger charge is -2.21. The SMILES string of the molecule is CC(C)(C)OC(=O)N1[C@@H]2CCCCC[C@@]21C=O. The van der Waals surface area contributed by atoms with E-state index < -0.39 is 11.1 Å². The third kappa shape index (κ3) is 2.17. The summed E-state index contributed by atoms with van der Waals surface area (Å²) in [5.41, 5.74) is -1.04. The molecule has 0 unspecified atom stereocenters. The Bertz CT molecular complexity index is 334. The second kappa shape index (κ2) is 4.00. The van der Waals surface area contributed by atoms with E-state index in [4.69, 9.17) is 4.74 Å². The Balaban J connectivity index is 2.08. The van der Waals surface area contributed by atoms with Gasteiger partial charge in [-0.3, -0.25) is 4.90 Å². The van der Waals surface area contributed by atoms with Crippen LogP contribution in [0, 0.1) is 0 Å². The third-order valence-corrected chi connectivity index (χ3v) is 3.62. The number of rotatable bonds is 1. The first-order chi connectivity index (χ1) is 7.91. The standard InChI is InChI=1S/C13H21NO3/c1-12(2,3)17-11(16)14-10-7-5-4-6-8-13(10,14)9-15/h9-10H,4-8H2,1-3H3/t10-,13-,14?/m1/s1. The predicted octanol–water partition coefficient (Wildman–Crippen LogP) is 2.51. The maximum absolute atomic E-state index is 12.0. The topological polar surface area (TPSA) is 46.4 Å². The first-order valence-electron chi connectivity index (χ1n) is 6.39. The van der Waals surface area contributed by atoms with Crippen molar-refractivity contribution in [3.63, 3.8) is 0 Å². The lowest BCUT2D eigenvalue weighted by molar-refractivity contribution is -0.111. The first-order valence-corrected chi connectivity index (χ1v) is 6.39. The molecule has 17 heavy (non-hydrogen) atoms. The highest BCUT2D eigenvalue weighted by molar-refractivity contribution is 5.85. The molecule has 1 amide bonds. The van der Waals surface area contributed by atoms with Crippen LogP contribution in [0.25, 0.3) is 0 Å². The number of ether oxygens (including phenoxy) is 1.